The van der Waals surface area contributed by atoms with Crippen molar-refractivity contribution in [2.24, 2.45) is 22.5 Å². The molecule has 1 aromatic heterocycles. The molecule has 0 spiro atoms. The molecule has 5 heteroatoms. The molecule has 2 N–H and O–H groups in total. The van der Waals surface area contributed by atoms with E-state index < -0.39 is 5.41 Å². The van der Waals surface area contributed by atoms with Crippen molar-refractivity contribution in [3.05, 3.63) is 35.2 Å². The minimum Gasteiger partial charge on any atom is -0.369 e. The summed E-state index contributed by atoms with van der Waals surface area (Å²) in [7, 11) is 0. The van der Waals surface area contributed by atoms with Crippen LogP contribution in [0.4, 0.5) is 0 Å². The largest absolute Gasteiger partial charge is 0.369 e. The maximum atomic E-state index is 12.9. The van der Waals surface area contributed by atoms with Crippen LogP contribution >= 0.6 is 11.3 Å². The van der Waals surface area contributed by atoms with Gasteiger partial charge in [-0.05, 0) is 35.3 Å². The number of likely N-dealkylation sites (tertiary alicyclic amines) is 1. The van der Waals surface area contributed by atoms with Gasteiger partial charge in [0.1, 0.15) is 0 Å². The first kappa shape index (κ1) is 14.7. The van der Waals surface area contributed by atoms with Gasteiger partial charge in [0, 0.05) is 17.8 Å². The lowest BCUT2D eigenvalue weighted by Gasteiger charge is -2.54. The molecule has 2 heterocycles. The van der Waals surface area contributed by atoms with Gasteiger partial charge >= 0.3 is 0 Å². The zero-order chi connectivity index (χ0) is 16.4. The number of carbonyl (C=O) groups is 2. The van der Waals surface area contributed by atoms with Crippen molar-refractivity contribution in [1.29, 1.82) is 0 Å². The highest BCUT2D eigenvalue weighted by atomic mass is 32.1. The maximum Gasteiger partial charge on any atom is 0.264 e. The first-order valence-corrected chi connectivity index (χ1v) is 8.73. The first-order chi connectivity index (χ1) is 10.8. The van der Waals surface area contributed by atoms with Gasteiger partial charge in [0.25, 0.3) is 5.91 Å². The van der Waals surface area contributed by atoms with E-state index in [0.717, 1.165) is 21.4 Å². The number of thiophene rings is 1. The summed E-state index contributed by atoms with van der Waals surface area (Å²) in [5.74, 6) is -0.0590. The molecule has 2 aromatic rings. The molecule has 1 saturated carbocycles. The number of amides is 2. The highest BCUT2D eigenvalue weighted by Gasteiger charge is 2.66. The monoisotopic (exact) mass is 328 g/mol. The third-order valence-corrected chi connectivity index (χ3v) is 6.78. The van der Waals surface area contributed by atoms with Gasteiger partial charge in [-0.15, -0.1) is 11.3 Å². The summed E-state index contributed by atoms with van der Waals surface area (Å²) in [5.41, 5.74) is 5.24. The van der Waals surface area contributed by atoms with Gasteiger partial charge in [-0.1, -0.05) is 32.0 Å². The molecule has 1 aliphatic carbocycles. The lowest BCUT2D eigenvalue weighted by atomic mass is 9.48. The molecule has 1 aliphatic heterocycles. The number of rotatable bonds is 2. The number of fused-ring (bicyclic) bond motifs is 2. The Labute approximate surface area is 139 Å². The molecule has 2 atom stereocenters. The third-order valence-electron chi connectivity index (χ3n) is 5.67. The van der Waals surface area contributed by atoms with E-state index in [2.05, 4.69) is 13.8 Å². The van der Waals surface area contributed by atoms with Crippen molar-refractivity contribution in [3.63, 3.8) is 0 Å². The second-order valence-electron chi connectivity index (χ2n) is 7.57. The zero-order valence-electron chi connectivity index (χ0n) is 13.3. The molecule has 4 nitrogen and oxygen atoms in total. The fraction of sp³-hybridized carbons (Fsp3) is 0.444. The van der Waals surface area contributed by atoms with Crippen LogP contribution in [0.5, 0.6) is 0 Å². The lowest BCUT2D eigenvalue weighted by Crippen LogP contribution is -2.59. The maximum absolute atomic E-state index is 12.9. The molecule has 4 rings (SSSR count). The Morgan fingerprint density at radius 1 is 1.30 bits per heavy atom. The molecule has 120 valence electrons. The minimum absolute atomic E-state index is 0.0250. The van der Waals surface area contributed by atoms with Crippen LogP contribution < -0.4 is 5.73 Å². The summed E-state index contributed by atoms with van der Waals surface area (Å²) >= 11 is 1.51. The predicted molar refractivity (Wildman–Crippen MR) is 91.2 cm³/mol. The van der Waals surface area contributed by atoms with Gasteiger partial charge < -0.3 is 10.6 Å². The highest BCUT2D eigenvalue weighted by molar-refractivity contribution is 7.20. The van der Waals surface area contributed by atoms with Gasteiger partial charge in [0.05, 0.1) is 10.3 Å². The molecule has 2 aliphatic rings. The SMILES string of the molecule is CC1(C)C[C@]2(C(N)=O)CN(C(=O)c3cc4ccccc4s3)C[C@H]12. The second-order valence-corrected chi connectivity index (χ2v) is 8.66. The molecule has 2 amide bonds. The van der Waals surface area contributed by atoms with Crippen LogP contribution in [0.25, 0.3) is 10.1 Å². The van der Waals surface area contributed by atoms with Crippen molar-refractivity contribution in [1.82, 2.24) is 4.90 Å². The molecular weight excluding hydrogens is 308 g/mol. The molecule has 0 radical (unpaired) electrons. The average molecular weight is 328 g/mol. The summed E-state index contributed by atoms with van der Waals surface area (Å²) in [6.45, 7) is 5.41. The van der Waals surface area contributed by atoms with E-state index in [1.54, 1.807) is 0 Å². The Morgan fingerprint density at radius 2 is 2.04 bits per heavy atom. The fourth-order valence-electron chi connectivity index (χ4n) is 4.62. The summed E-state index contributed by atoms with van der Waals surface area (Å²) in [4.78, 5) is 27.5. The molecular formula is C18H20N2O2S. The smallest absolute Gasteiger partial charge is 0.264 e. The van der Waals surface area contributed by atoms with Crippen LogP contribution in [-0.4, -0.2) is 29.8 Å². The molecule has 1 aromatic carbocycles. The Hall–Kier alpha value is -1.88. The Bertz CT molecular complexity index is 792. The molecule has 0 unspecified atom stereocenters. The minimum atomic E-state index is -0.518. The predicted octanol–water partition coefficient (Wildman–Crippen LogP) is 2.87. The van der Waals surface area contributed by atoms with Crippen LogP contribution in [-0.2, 0) is 4.79 Å². The molecule has 0 bridgehead atoms. The van der Waals surface area contributed by atoms with E-state index in [0.29, 0.717) is 13.1 Å². The lowest BCUT2D eigenvalue weighted by molar-refractivity contribution is -0.148. The van der Waals surface area contributed by atoms with Crippen molar-refractivity contribution < 1.29 is 9.59 Å². The van der Waals surface area contributed by atoms with Crippen LogP contribution in [0.2, 0.25) is 0 Å². The first-order valence-electron chi connectivity index (χ1n) is 7.91. The van der Waals surface area contributed by atoms with E-state index in [-0.39, 0.29) is 23.1 Å². The second kappa shape index (κ2) is 4.57. The van der Waals surface area contributed by atoms with E-state index in [9.17, 15) is 9.59 Å². The van der Waals surface area contributed by atoms with Crippen molar-refractivity contribution in [3.8, 4) is 0 Å². The van der Waals surface area contributed by atoms with Crippen LogP contribution in [0.15, 0.2) is 30.3 Å². The van der Waals surface area contributed by atoms with Gasteiger partial charge in [-0.3, -0.25) is 9.59 Å². The number of hydrogen-bond acceptors (Lipinski definition) is 3. The zero-order valence-corrected chi connectivity index (χ0v) is 14.2. The third kappa shape index (κ3) is 1.96. The van der Waals surface area contributed by atoms with Gasteiger partial charge in [0.15, 0.2) is 0 Å². The van der Waals surface area contributed by atoms with Crippen LogP contribution in [0.1, 0.15) is 29.9 Å². The van der Waals surface area contributed by atoms with Crippen LogP contribution in [0, 0.1) is 16.7 Å². The number of benzene rings is 1. The normalized spacial score (nSPS) is 28.4. The summed E-state index contributed by atoms with van der Waals surface area (Å²) in [6.07, 6.45) is 0.774. The number of hydrogen-bond donors (Lipinski definition) is 1. The van der Waals surface area contributed by atoms with Gasteiger partial charge in [0.2, 0.25) is 5.91 Å². The standard InChI is InChI=1S/C18H20N2O2S/c1-17(2)9-18(16(19)22)10-20(8-14(17)18)15(21)13-7-11-5-3-4-6-12(11)23-13/h3-7,14H,8-10H2,1-2H3,(H2,19,22)/t14-,18+/m1/s1. The summed E-state index contributed by atoms with van der Waals surface area (Å²) in [6, 6.07) is 9.95. The Morgan fingerprint density at radius 3 is 2.65 bits per heavy atom. The Balaban J connectivity index is 1.64. The molecule has 1 saturated heterocycles. The van der Waals surface area contributed by atoms with Crippen molar-refractivity contribution in [2.45, 2.75) is 20.3 Å². The molecule has 2 fully saturated rings. The van der Waals surface area contributed by atoms with E-state index in [1.807, 2.05) is 35.2 Å². The van der Waals surface area contributed by atoms with Crippen molar-refractivity contribution in [2.75, 3.05) is 13.1 Å². The topological polar surface area (TPSA) is 63.4 Å². The Kier molecular flexibility index (Phi) is 2.92. The van der Waals surface area contributed by atoms with Gasteiger partial charge in [-0.25, -0.2) is 0 Å². The number of nitrogens with zero attached hydrogens (tertiary/aromatic N) is 1. The fourth-order valence-corrected chi connectivity index (χ4v) is 5.65. The summed E-state index contributed by atoms with van der Waals surface area (Å²) in [5, 5.41) is 1.09. The van der Waals surface area contributed by atoms with Crippen LogP contribution in [0.3, 0.4) is 0 Å². The van der Waals surface area contributed by atoms with E-state index in [4.69, 9.17) is 5.73 Å². The summed E-state index contributed by atoms with van der Waals surface area (Å²) < 4.78 is 1.11. The highest BCUT2D eigenvalue weighted by Crippen LogP contribution is 2.62. The number of primary amides is 1. The molecule has 23 heavy (non-hydrogen) atoms. The number of carbonyl (C=O) groups excluding carboxylic acids is 2. The number of nitrogens with two attached hydrogens (primary N) is 1. The van der Waals surface area contributed by atoms with E-state index in [1.165, 1.54) is 11.3 Å². The van der Waals surface area contributed by atoms with E-state index >= 15 is 0 Å². The average Bonchev–Trinajstić information content (AvgIpc) is 3.06. The van der Waals surface area contributed by atoms with Gasteiger partial charge in [-0.2, -0.15) is 0 Å². The van der Waals surface area contributed by atoms with Crippen molar-refractivity contribution >= 4 is 33.2 Å². The quantitative estimate of drug-likeness (QED) is 0.921.